The van der Waals surface area contributed by atoms with Gasteiger partial charge in [-0.1, -0.05) is 223 Å². The molecule has 0 atom stereocenters. The summed E-state index contributed by atoms with van der Waals surface area (Å²) in [5.74, 6) is 0. The Kier molecular flexibility index (Phi) is 13.5. The molecule has 9 aromatic rings. The van der Waals surface area contributed by atoms with Crippen molar-refractivity contribution in [2.45, 2.75) is 13.8 Å². The van der Waals surface area contributed by atoms with Crippen LogP contribution in [0.4, 0.5) is 22.7 Å². The van der Waals surface area contributed by atoms with E-state index < -0.39 is 0 Å². The van der Waals surface area contributed by atoms with E-state index in [0.29, 0.717) is 0 Å². The van der Waals surface area contributed by atoms with E-state index in [0.717, 1.165) is 56.1 Å². The molecule has 0 aromatic heterocycles. The number of aryl methyl sites for hydroxylation is 2. The third kappa shape index (κ3) is 10.8. The van der Waals surface area contributed by atoms with E-state index in [-0.39, 0.29) is 0 Å². The standard InChI is InChI=1S/C64H52N2/c1-49-26-38-59(39-27-49)65(47-63(55-18-7-3-8-19-55)56-20-9-4-10-21-56)61-42-34-51(35-43-61)30-32-53-16-15-17-54(46-53)33-31-52-36-44-62(45-37-52)66(60-40-28-50(2)29-41-60)48-64(57-22-11-5-12-23-57)58-24-13-6-14-25-58/h3-48H,1-2H3/b32-30+,33-31+. The molecule has 0 N–H and O–H groups in total. The van der Waals surface area contributed by atoms with Gasteiger partial charge in [0.05, 0.1) is 0 Å². The number of nitrogens with zero attached hydrogens (tertiary/aromatic N) is 2. The van der Waals surface area contributed by atoms with Crippen molar-refractivity contribution in [3.63, 3.8) is 0 Å². The van der Waals surface area contributed by atoms with E-state index in [1.807, 2.05) is 0 Å². The topological polar surface area (TPSA) is 6.48 Å². The molecule has 0 saturated heterocycles. The molecular weight excluding hydrogens is 797 g/mol. The van der Waals surface area contributed by atoms with Crippen LogP contribution in [-0.4, -0.2) is 0 Å². The number of hydrogen-bond acceptors (Lipinski definition) is 2. The Morgan fingerprint density at radius 3 is 0.848 bits per heavy atom. The molecule has 0 aliphatic rings. The van der Waals surface area contributed by atoms with Crippen molar-refractivity contribution in [2.75, 3.05) is 9.80 Å². The zero-order valence-corrected chi connectivity index (χ0v) is 37.5. The number of benzene rings is 9. The summed E-state index contributed by atoms with van der Waals surface area (Å²) in [5, 5.41) is 0. The van der Waals surface area contributed by atoms with Gasteiger partial charge in [0.25, 0.3) is 0 Å². The second-order valence-corrected chi connectivity index (χ2v) is 16.5. The molecule has 0 bridgehead atoms. The van der Waals surface area contributed by atoms with Crippen LogP contribution in [0.3, 0.4) is 0 Å². The molecule has 0 fully saturated rings. The minimum Gasteiger partial charge on any atom is -0.317 e. The van der Waals surface area contributed by atoms with Gasteiger partial charge in [-0.2, -0.15) is 0 Å². The predicted octanol–water partition coefficient (Wildman–Crippen LogP) is 17.1. The van der Waals surface area contributed by atoms with Crippen molar-refractivity contribution < 1.29 is 0 Å². The first kappa shape index (κ1) is 42.8. The van der Waals surface area contributed by atoms with Gasteiger partial charge in [0.1, 0.15) is 0 Å². The quantitative estimate of drug-likeness (QED) is 0.101. The molecular formula is C64H52N2. The SMILES string of the molecule is Cc1ccc(N(C=C(c2ccccc2)c2ccccc2)c2ccc(/C=C/c3cccc(/C=C/c4ccc(N(C=C(c5ccccc5)c5ccccc5)c5ccc(C)cc5)cc4)c3)cc2)cc1. The van der Waals surface area contributed by atoms with Gasteiger partial charge in [0, 0.05) is 46.3 Å². The van der Waals surface area contributed by atoms with E-state index in [1.54, 1.807) is 0 Å². The Bertz CT molecular complexity index is 2780. The van der Waals surface area contributed by atoms with Gasteiger partial charge in [-0.3, -0.25) is 0 Å². The fourth-order valence-corrected chi connectivity index (χ4v) is 8.01. The highest BCUT2D eigenvalue weighted by molar-refractivity contribution is 5.86. The van der Waals surface area contributed by atoms with Gasteiger partial charge >= 0.3 is 0 Å². The second-order valence-electron chi connectivity index (χ2n) is 16.5. The molecule has 0 radical (unpaired) electrons. The average Bonchev–Trinajstić information content (AvgIpc) is 3.38. The molecule has 0 spiro atoms. The van der Waals surface area contributed by atoms with E-state index >= 15 is 0 Å². The van der Waals surface area contributed by atoms with E-state index in [4.69, 9.17) is 0 Å². The van der Waals surface area contributed by atoms with Crippen LogP contribution in [0.15, 0.2) is 255 Å². The number of hydrogen-bond donors (Lipinski definition) is 0. The summed E-state index contributed by atoms with van der Waals surface area (Å²) in [5.41, 5.74) is 18.4. The molecule has 9 aromatic carbocycles. The van der Waals surface area contributed by atoms with E-state index in [1.165, 1.54) is 33.4 Å². The summed E-state index contributed by atoms with van der Waals surface area (Å²) >= 11 is 0. The summed E-state index contributed by atoms with van der Waals surface area (Å²) < 4.78 is 0. The maximum Gasteiger partial charge on any atom is 0.0456 e. The molecule has 318 valence electrons. The molecule has 0 saturated carbocycles. The minimum absolute atomic E-state index is 1.09. The monoisotopic (exact) mass is 848 g/mol. The third-order valence-electron chi connectivity index (χ3n) is 11.7. The van der Waals surface area contributed by atoms with Crippen molar-refractivity contribution in [3.8, 4) is 0 Å². The fraction of sp³-hybridized carbons (Fsp3) is 0.0312. The van der Waals surface area contributed by atoms with Crippen LogP contribution >= 0.6 is 0 Å². The van der Waals surface area contributed by atoms with Gasteiger partial charge in [-0.05, 0) is 113 Å². The zero-order chi connectivity index (χ0) is 44.9. The van der Waals surface area contributed by atoms with Crippen molar-refractivity contribution >= 4 is 58.2 Å². The Morgan fingerprint density at radius 1 is 0.273 bits per heavy atom. The summed E-state index contributed by atoms with van der Waals surface area (Å²) in [6.45, 7) is 4.26. The van der Waals surface area contributed by atoms with Gasteiger partial charge in [-0.25, -0.2) is 0 Å². The lowest BCUT2D eigenvalue weighted by Crippen LogP contribution is -2.10. The predicted molar refractivity (Wildman–Crippen MR) is 284 cm³/mol. The molecule has 0 aliphatic carbocycles. The number of anilines is 4. The van der Waals surface area contributed by atoms with Crippen LogP contribution in [0.5, 0.6) is 0 Å². The highest BCUT2D eigenvalue weighted by atomic mass is 15.1. The van der Waals surface area contributed by atoms with Crippen LogP contribution in [0.25, 0.3) is 35.5 Å². The van der Waals surface area contributed by atoms with Gasteiger partial charge in [-0.15, -0.1) is 0 Å². The Morgan fingerprint density at radius 2 is 0.545 bits per heavy atom. The average molecular weight is 849 g/mol. The first-order chi connectivity index (χ1) is 32.5. The molecule has 0 heterocycles. The van der Waals surface area contributed by atoms with Crippen molar-refractivity contribution in [2.24, 2.45) is 0 Å². The van der Waals surface area contributed by atoms with E-state index in [9.17, 15) is 0 Å². The zero-order valence-electron chi connectivity index (χ0n) is 37.5. The second kappa shape index (κ2) is 20.8. The molecule has 66 heavy (non-hydrogen) atoms. The summed E-state index contributed by atoms with van der Waals surface area (Å²) in [6.07, 6.45) is 13.3. The molecule has 0 aliphatic heterocycles. The summed E-state index contributed by atoms with van der Waals surface area (Å²) in [6, 6.07) is 86.2. The lowest BCUT2D eigenvalue weighted by Gasteiger charge is -2.24. The highest BCUT2D eigenvalue weighted by Crippen LogP contribution is 2.34. The highest BCUT2D eigenvalue weighted by Gasteiger charge is 2.14. The van der Waals surface area contributed by atoms with Crippen LogP contribution in [0.2, 0.25) is 0 Å². The molecule has 0 unspecified atom stereocenters. The maximum absolute atomic E-state index is 2.29. The smallest absolute Gasteiger partial charge is 0.0456 e. The van der Waals surface area contributed by atoms with Crippen molar-refractivity contribution in [1.82, 2.24) is 0 Å². The normalized spacial score (nSPS) is 11.1. The third-order valence-corrected chi connectivity index (χ3v) is 11.7. The Labute approximate surface area is 390 Å². The van der Waals surface area contributed by atoms with Gasteiger partial charge < -0.3 is 9.80 Å². The summed E-state index contributed by atoms with van der Waals surface area (Å²) in [4.78, 5) is 4.58. The summed E-state index contributed by atoms with van der Waals surface area (Å²) in [7, 11) is 0. The van der Waals surface area contributed by atoms with Crippen LogP contribution < -0.4 is 9.80 Å². The molecule has 2 heteroatoms. The van der Waals surface area contributed by atoms with Crippen LogP contribution in [0, 0.1) is 13.8 Å². The van der Waals surface area contributed by atoms with Gasteiger partial charge in [0.15, 0.2) is 0 Å². The van der Waals surface area contributed by atoms with Crippen molar-refractivity contribution in [3.05, 3.63) is 311 Å². The Balaban J connectivity index is 0.939. The van der Waals surface area contributed by atoms with Crippen LogP contribution in [0.1, 0.15) is 55.6 Å². The van der Waals surface area contributed by atoms with Crippen molar-refractivity contribution in [1.29, 1.82) is 0 Å². The first-order valence-electron chi connectivity index (χ1n) is 22.6. The van der Waals surface area contributed by atoms with E-state index in [2.05, 4.69) is 303 Å². The first-order valence-corrected chi connectivity index (χ1v) is 22.6. The largest absolute Gasteiger partial charge is 0.317 e. The molecule has 9 rings (SSSR count). The lowest BCUT2D eigenvalue weighted by molar-refractivity contribution is 1.27. The minimum atomic E-state index is 1.09. The van der Waals surface area contributed by atoms with Crippen LogP contribution in [-0.2, 0) is 0 Å². The fourth-order valence-electron chi connectivity index (χ4n) is 8.01. The number of rotatable bonds is 14. The Hall–Kier alpha value is -8.46. The van der Waals surface area contributed by atoms with Gasteiger partial charge in [0.2, 0.25) is 0 Å². The molecule has 2 nitrogen and oxygen atoms in total. The molecule has 0 amide bonds. The maximum atomic E-state index is 2.29. The lowest BCUT2D eigenvalue weighted by atomic mass is 9.98.